The lowest BCUT2D eigenvalue weighted by Gasteiger charge is -2.12. The first-order valence-corrected chi connectivity index (χ1v) is 8.23. The molecule has 2 nitrogen and oxygen atoms in total. The van der Waals surface area contributed by atoms with Crippen LogP contribution in [0.15, 0.2) is 18.2 Å². The Hall–Kier alpha value is -0.670. The second-order valence-electron chi connectivity index (χ2n) is 5.40. The quantitative estimate of drug-likeness (QED) is 0.732. The standard InChI is InChI=1S/C16H27NOS/c1-12(2)16-6-5-15(11-13(16)3)18-8-10-19-9-7-14(4)17/h5-6,11-12,14H,7-10,17H2,1-4H3. The predicted octanol–water partition coefficient (Wildman–Crippen LogP) is 3.97. The highest BCUT2D eigenvalue weighted by molar-refractivity contribution is 7.99. The van der Waals surface area contributed by atoms with E-state index in [1.165, 1.54) is 11.1 Å². The Kier molecular flexibility index (Phi) is 7.32. The molecule has 0 aliphatic carbocycles. The highest BCUT2D eigenvalue weighted by Gasteiger charge is 2.04. The Balaban J connectivity index is 2.28. The summed E-state index contributed by atoms with van der Waals surface area (Å²) >= 11 is 1.91. The van der Waals surface area contributed by atoms with E-state index in [0.29, 0.717) is 12.0 Å². The number of rotatable bonds is 8. The third-order valence-corrected chi connectivity index (χ3v) is 4.06. The molecule has 0 saturated heterocycles. The van der Waals surface area contributed by atoms with Crippen molar-refractivity contribution in [2.75, 3.05) is 18.1 Å². The summed E-state index contributed by atoms with van der Waals surface area (Å²) in [5.74, 6) is 3.70. The van der Waals surface area contributed by atoms with Gasteiger partial charge in [-0.2, -0.15) is 11.8 Å². The number of ether oxygens (including phenoxy) is 1. The number of hydrogen-bond acceptors (Lipinski definition) is 3. The lowest BCUT2D eigenvalue weighted by Crippen LogP contribution is -2.15. The highest BCUT2D eigenvalue weighted by Crippen LogP contribution is 2.23. The topological polar surface area (TPSA) is 35.2 Å². The first-order chi connectivity index (χ1) is 9.00. The summed E-state index contributed by atoms with van der Waals surface area (Å²) in [6.45, 7) is 9.41. The van der Waals surface area contributed by atoms with Crippen molar-refractivity contribution in [3.63, 3.8) is 0 Å². The summed E-state index contributed by atoms with van der Waals surface area (Å²) in [5, 5.41) is 0. The maximum Gasteiger partial charge on any atom is 0.119 e. The predicted molar refractivity (Wildman–Crippen MR) is 86.4 cm³/mol. The van der Waals surface area contributed by atoms with Gasteiger partial charge in [0.05, 0.1) is 6.61 Å². The largest absolute Gasteiger partial charge is 0.493 e. The van der Waals surface area contributed by atoms with E-state index in [-0.39, 0.29) is 0 Å². The molecule has 2 N–H and O–H groups in total. The average Bonchev–Trinajstić information content (AvgIpc) is 2.32. The number of benzene rings is 1. The summed E-state index contributed by atoms with van der Waals surface area (Å²) < 4.78 is 5.78. The SMILES string of the molecule is Cc1cc(OCCSCCC(C)N)ccc1C(C)C. The molecule has 0 saturated carbocycles. The molecular weight excluding hydrogens is 254 g/mol. The molecule has 0 amide bonds. The summed E-state index contributed by atoms with van der Waals surface area (Å²) in [7, 11) is 0. The smallest absolute Gasteiger partial charge is 0.119 e. The fourth-order valence-corrected chi connectivity index (χ4v) is 2.92. The summed E-state index contributed by atoms with van der Waals surface area (Å²) in [6, 6.07) is 6.70. The van der Waals surface area contributed by atoms with E-state index in [4.69, 9.17) is 10.5 Å². The van der Waals surface area contributed by atoms with Crippen LogP contribution in [0.5, 0.6) is 5.75 Å². The molecule has 0 aliphatic heterocycles. The van der Waals surface area contributed by atoms with Crippen molar-refractivity contribution in [3.05, 3.63) is 29.3 Å². The van der Waals surface area contributed by atoms with Crippen LogP contribution in [0.2, 0.25) is 0 Å². The zero-order valence-electron chi connectivity index (χ0n) is 12.6. The minimum Gasteiger partial charge on any atom is -0.493 e. The van der Waals surface area contributed by atoms with Gasteiger partial charge in [-0.15, -0.1) is 0 Å². The summed E-state index contributed by atoms with van der Waals surface area (Å²) in [6.07, 6.45) is 1.08. The van der Waals surface area contributed by atoms with Crippen molar-refractivity contribution in [1.29, 1.82) is 0 Å². The monoisotopic (exact) mass is 281 g/mol. The number of aryl methyl sites for hydroxylation is 1. The Morgan fingerprint density at radius 3 is 2.53 bits per heavy atom. The van der Waals surface area contributed by atoms with Gasteiger partial charge in [0.2, 0.25) is 0 Å². The first-order valence-electron chi connectivity index (χ1n) is 7.07. The molecule has 1 aromatic rings. The maximum atomic E-state index is 5.78. The van der Waals surface area contributed by atoms with Crippen molar-refractivity contribution in [2.45, 2.75) is 46.1 Å². The van der Waals surface area contributed by atoms with Crippen LogP contribution in [0.4, 0.5) is 0 Å². The van der Waals surface area contributed by atoms with Gasteiger partial charge in [0.25, 0.3) is 0 Å². The van der Waals surface area contributed by atoms with E-state index in [1.807, 2.05) is 11.8 Å². The summed E-state index contributed by atoms with van der Waals surface area (Å²) in [5.41, 5.74) is 8.43. The van der Waals surface area contributed by atoms with E-state index < -0.39 is 0 Å². The molecule has 0 aliphatic rings. The lowest BCUT2D eigenvalue weighted by molar-refractivity contribution is 0.343. The van der Waals surface area contributed by atoms with Crippen LogP contribution in [0.3, 0.4) is 0 Å². The Morgan fingerprint density at radius 2 is 1.95 bits per heavy atom. The first kappa shape index (κ1) is 16.4. The van der Waals surface area contributed by atoms with E-state index in [0.717, 1.165) is 30.3 Å². The molecule has 108 valence electrons. The van der Waals surface area contributed by atoms with Gasteiger partial charge in [-0.25, -0.2) is 0 Å². The molecule has 1 aromatic carbocycles. The molecule has 19 heavy (non-hydrogen) atoms. The van der Waals surface area contributed by atoms with Gasteiger partial charge >= 0.3 is 0 Å². The van der Waals surface area contributed by atoms with Crippen molar-refractivity contribution in [3.8, 4) is 5.75 Å². The van der Waals surface area contributed by atoms with Crippen LogP contribution < -0.4 is 10.5 Å². The van der Waals surface area contributed by atoms with Crippen LogP contribution in [0, 0.1) is 6.92 Å². The fraction of sp³-hybridized carbons (Fsp3) is 0.625. The molecule has 0 aromatic heterocycles. The normalized spacial score (nSPS) is 12.7. The van der Waals surface area contributed by atoms with Gasteiger partial charge in [-0.3, -0.25) is 0 Å². The lowest BCUT2D eigenvalue weighted by atomic mass is 9.98. The molecule has 0 spiro atoms. The van der Waals surface area contributed by atoms with E-state index >= 15 is 0 Å². The molecule has 0 radical (unpaired) electrons. The average molecular weight is 281 g/mol. The van der Waals surface area contributed by atoms with Gasteiger partial charge < -0.3 is 10.5 Å². The van der Waals surface area contributed by atoms with Crippen LogP contribution in [-0.2, 0) is 0 Å². The molecule has 1 atom stereocenters. The molecule has 0 bridgehead atoms. The second kappa shape index (κ2) is 8.49. The highest BCUT2D eigenvalue weighted by atomic mass is 32.2. The van der Waals surface area contributed by atoms with Crippen LogP contribution >= 0.6 is 11.8 Å². The molecule has 1 rings (SSSR count). The Bertz CT molecular complexity index is 377. The Morgan fingerprint density at radius 1 is 1.21 bits per heavy atom. The third-order valence-electron chi connectivity index (χ3n) is 3.08. The molecular formula is C16H27NOS. The number of nitrogens with two attached hydrogens (primary N) is 1. The second-order valence-corrected chi connectivity index (χ2v) is 6.62. The van der Waals surface area contributed by atoms with E-state index in [2.05, 4.69) is 45.9 Å². The minimum atomic E-state index is 0.305. The fourth-order valence-electron chi connectivity index (χ4n) is 1.98. The maximum absolute atomic E-state index is 5.78. The van der Waals surface area contributed by atoms with Crippen molar-refractivity contribution in [1.82, 2.24) is 0 Å². The van der Waals surface area contributed by atoms with Crippen molar-refractivity contribution in [2.24, 2.45) is 5.73 Å². The van der Waals surface area contributed by atoms with E-state index in [9.17, 15) is 0 Å². The zero-order chi connectivity index (χ0) is 14.3. The van der Waals surface area contributed by atoms with Gasteiger partial charge in [0.15, 0.2) is 0 Å². The minimum absolute atomic E-state index is 0.305. The van der Waals surface area contributed by atoms with E-state index in [1.54, 1.807) is 0 Å². The molecule has 0 heterocycles. The molecule has 0 fully saturated rings. The number of hydrogen-bond donors (Lipinski definition) is 1. The molecule has 3 heteroatoms. The van der Waals surface area contributed by atoms with Gasteiger partial charge in [0.1, 0.15) is 5.75 Å². The Labute approximate surface area is 122 Å². The summed E-state index contributed by atoms with van der Waals surface area (Å²) in [4.78, 5) is 0. The van der Waals surface area contributed by atoms with Crippen LogP contribution in [0.1, 0.15) is 44.2 Å². The van der Waals surface area contributed by atoms with Gasteiger partial charge in [0, 0.05) is 11.8 Å². The van der Waals surface area contributed by atoms with Gasteiger partial charge in [-0.1, -0.05) is 19.9 Å². The third kappa shape index (κ3) is 6.35. The van der Waals surface area contributed by atoms with Gasteiger partial charge in [-0.05, 0) is 55.2 Å². The van der Waals surface area contributed by atoms with Crippen molar-refractivity contribution >= 4 is 11.8 Å². The van der Waals surface area contributed by atoms with Crippen molar-refractivity contribution < 1.29 is 4.74 Å². The van der Waals surface area contributed by atoms with Crippen LogP contribution in [0.25, 0.3) is 0 Å². The van der Waals surface area contributed by atoms with Crippen LogP contribution in [-0.4, -0.2) is 24.2 Å². The molecule has 1 unspecified atom stereocenters. The number of thioether (sulfide) groups is 1. The zero-order valence-corrected chi connectivity index (χ0v) is 13.4.